The Kier molecular flexibility index (Phi) is 62.2. The van der Waals surface area contributed by atoms with E-state index in [1.165, 1.54) is 128 Å². The Hall–Kier alpha value is -4.11. The van der Waals surface area contributed by atoms with E-state index in [1.807, 2.05) is 21.1 Å². The zero-order chi connectivity index (χ0) is 62.6. The predicted octanol–water partition coefficient (Wildman–Crippen LogP) is 22.0. The summed E-state index contributed by atoms with van der Waals surface area (Å²) in [6.07, 6.45) is 96.4. The van der Waals surface area contributed by atoms with Crippen molar-refractivity contribution in [3.63, 3.8) is 0 Å². The Labute approximate surface area is 529 Å². The highest BCUT2D eigenvalue weighted by atomic mass is 31.2. The predicted molar refractivity (Wildman–Crippen MR) is 369 cm³/mol. The topological polar surface area (TPSA) is 111 Å². The third-order valence-electron chi connectivity index (χ3n) is 14.3. The Bertz CT molecular complexity index is 1960. The number of quaternary nitrogens is 1. The standard InChI is InChI=1S/C76H128NO8P/c1-6-8-10-12-14-16-18-20-22-24-26-28-30-32-34-36-38-40-42-44-46-48-50-52-54-56-58-60-62-64-66-68-75(78)82-72-74(73-84-86(80,81)83-71-70-77(3,4)5)85-76(79)69-67-65-63-61-59-57-55-53-51-49-47-45-43-41-39-37-35-33-31-29-27-25-23-21-19-17-15-13-11-9-7-2/h9,11,15,17-18,20-21,23-24,26-27,29-30,32-33,35,39,41,45,47,51,53,57,59,74H,6-8,10,12-14,16,19,22,25,28,31,34,36-38,40,42-44,46,48-50,52,54-56,58,60-73H2,1-5H3/b11-9-,17-15-,20-18-,23-21-,26-24-,29-27-,32-30-,35-33-,41-39-,47-45-,53-51-,59-57-. The third-order valence-corrected chi connectivity index (χ3v) is 15.3. The van der Waals surface area contributed by atoms with Crippen LogP contribution in [0.3, 0.4) is 0 Å². The van der Waals surface area contributed by atoms with Gasteiger partial charge in [-0.1, -0.05) is 282 Å². The van der Waals surface area contributed by atoms with Crippen LogP contribution in [-0.2, 0) is 32.7 Å². The van der Waals surface area contributed by atoms with Crippen molar-refractivity contribution in [1.29, 1.82) is 0 Å². The van der Waals surface area contributed by atoms with Crippen LogP contribution >= 0.6 is 7.82 Å². The number of allylic oxidation sites excluding steroid dienone is 24. The van der Waals surface area contributed by atoms with Gasteiger partial charge in [0.05, 0.1) is 27.7 Å². The lowest BCUT2D eigenvalue weighted by atomic mass is 10.0. The number of rotatable bonds is 62. The van der Waals surface area contributed by atoms with Crippen LogP contribution in [0.5, 0.6) is 0 Å². The minimum atomic E-state index is -4.66. The zero-order valence-corrected chi connectivity index (χ0v) is 56.6. The van der Waals surface area contributed by atoms with Crippen LogP contribution in [0.2, 0.25) is 0 Å². The van der Waals surface area contributed by atoms with Gasteiger partial charge in [-0.05, 0) is 122 Å². The minimum absolute atomic E-state index is 0.0450. The van der Waals surface area contributed by atoms with E-state index in [0.29, 0.717) is 17.4 Å². The molecule has 0 heterocycles. The van der Waals surface area contributed by atoms with Crippen LogP contribution in [-0.4, -0.2) is 70.0 Å². The Balaban J connectivity index is 4.17. The maximum atomic E-state index is 12.8. The number of nitrogens with zero attached hydrogens (tertiary/aromatic N) is 1. The maximum Gasteiger partial charge on any atom is 0.306 e. The van der Waals surface area contributed by atoms with Crippen molar-refractivity contribution in [2.24, 2.45) is 0 Å². The number of unbranched alkanes of at least 4 members (excludes halogenated alkanes) is 24. The molecule has 0 aromatic rings. The molecule has 0 saturated carbocycles. The van der Waals surface area contributed by atoms with Crippen molar-refractivity contribution in [2.75, 3.05) is 47.5 Å². The molecule has 0 rings (SSSR count). The number of hydrogen-bond acceptors (Lipinski definition) is 8. The van der Waals surface area contributed by atoms with E-state index < -0.39 is 32.5 Å². The molecular weight excluding hydrogens is 1090 g/mol. The van der Waals surface area contributed by atoms with Gasteiger partial charge in [-0.2, -0.15) is 0 Å². The molecule has 490 valence electrons. The van der Waals surface area contributed by atoms with E-state index in [0.717, 1.165) is 109 Å². The number of hydrogen-bond donors (Lipinski definition) is 0. The second-order valence-corrected chi connectivity index (χ2v) is 25.2. The number of likely N-dealkylation sites (N-methyl/N-ethyl adjacent to an activating group) is 1. The fourth-order valence-electron chi connectivity index (χ4n) is 9.07. The van der Waals surface area contributed by atoms with Crippen LogP contribution in [0.4, 0.5) is 0 Å². The van der Waals surface area contributed by atoms with Gasteiger partial charge in [-0.15, -0.1) is 0 Å². The van der Waals surface area contributed by atoms with Crippen LogP contribution in [0.25, 0.3) is 0 Å². The quantitative estimate of drug-likeness (QED) is 0.0195. The highest BCUT2D eigenvalue weighted by Gasteiger charge is 2.22. The van der Waals surface area contributed by atoms with Gasteiger partial charge in [-0.3, -0.25) is 14.2 Å². The summed E-state index contributed by atoms with van der Waals surface area (Å²) in [7, 11) is 1.13. The van der Waals surface area contributed by atoms with E-state index in [-0.39, 0.29) is 26.1 Å². The summed E-state index contributed by atoms with van der Waals surface area (Å²) in [6.45, 7) is 4.07. The lowest BCUT2D eigenvalue weighted by Gasteiger charge is -2.28. The number of carbonyl (C=O) groups excluding carboxylic acids is 2. The van der Waals surface area contributed by atoms with E-state index in [4.69, 9.17) is 18.5 Å². The first-order valence-corrected chi connectivity index (χ1v) is 36.0. The molecule has 0 aromatic heterocycles. The molecule has 2 atom stereocenters. The summed E-state index contributed by atoms with van der Waals surface area (Å²) in [6, 6.07) is 0. The Morgan fingerprint density at radius 1 is 0.372 bits per heavy atom. The first-order chi connectivity index (χ1) is 42.0. The molecule has 0 aliphatic heterocycles. The molecule has 2 unspecified atom stereocenters. The van der Waals surface area contributed by atoms with E-state index in [9.17, 15) is 19.0 Å². The lowest BCUT2D eigenvalue weighted by Crippen LogP contribution is -2.37. The monoisotopic (exact) mass is 1210 g/mol. The molecule has 0 amide bonds. The third kappa shape index (κ3) is 69.0. The van der Waals surface area contributed by atoms with Gasteiger partial charge in [0, 0.05) is 12.8 Å². The average molecular weight is 1210 g/mol. The van der Waals surface area contributed by atoms with Gasteiger partial charge in [0.1, 0.15) is 19.8 Å². The van der Waals surface area contributed by atoms with Crippen LogP contribution < -0.4 is 4.89 Å². The van der Waals surface area contributed by atoms with Crippen LogP contribution in [0.1, 0.15) is 271 Å². The van der Waals surface area contributed by atoms with Gasteiger partial charge in [0.15, 0.2) is 6.10 Å². The summed E-state index contributed by atoms with van der Waals surface area (Å²) in [4.78, 5) is 38.0. The largest absolute Gasteiger partial charge is 0.756 e. The summed E-state index contributed by atoms with van der Waals surface area (Å²) in [5.41, 5.74) is 0. The normalized spacial score (nSPS) is 14.1. The SMILES string of the molecule is CC/C=C\C/C=C\C/C=C\C/C=C\C/C=C\C/C=C\C/C=C\C/C=C\C/C=C\CCCCCC(=O)OC(COC(=O)CCCCCCCCCCCCCCCCCC/C=C\C/C=C\C/C=C\CCCCCCC)COP(=O)([O-])OCC[N+](C)(C)C. The van der Waals surface area contributed by atoms with Crippen molar-refractivity contribution in [1.82, 2.24) is 0 Å². The highest BCUT2D eigenvalue weighted by molar-refractivity contribution is 7.45. The second-order valence-electron chi connectivity index (χ2n) is 23.8. The average Bonchev–Trinajstić information content (AvgIpc) is 3.56. The maximum absolute atomic E-state index is 12.8. The van der Waals surface area contributed by atoms with Gasteiger partial charge in [0.2, 0.25) is 0 Å². The van der Waals surface area contributed by atoms with Crippen molar-refractivity contribution in [2.45, 2.75) is 277 Å². The van der Waals surface area contributed by atoms with Gasteiger partial charge >= 0.3 is 11.9 Å². The summed E-state index contributed by atoms with van der Waals surface area (Å²) < 4.78 is 34.2. The number of phosphoric ester groups is 1. The first kappa shape index (κ1) is 81.9. The van der Waals surface area contributed by atoms with E-state index >= 15 is 0 Å². The molecule has 0 fully saturated rings. The molecule has 9 nitrogen and oxygen atoms in total. The molecular formula is C76H128NO8P. The number of esters is 2. The summed E-state index contributed by atoms with van der Waals surface area (Å²) in [5, 5.41) is 0. The molecule has 0 aliphatic carbocycles. The molecule has 10 heteroatoms. The molecule has 0 radical (unpaired) electrons. The molecule has 0 saturated heterocycles. The number of carbonyl (C=O) groups is 2. The fraction of sp³-hybridized carbons (Fsp3) is 0.658. The molecule has 0 aliphatic rings. The van der Waals surface area contributed by atoms with Crippen LogP contribution in [0.15, 0.2) is 146 Å². The molecule has 0 spiro atoms. The van der Waals surface area contributed by atoms with Crippen molar-refractivity contribution < 1.29 is 42.1 Å². The summed E-state index contributed by atoms with van der Waals surface area (Å²) in [5.74, 6) is -0.876. The van der Waals surface area contributed by atoms with Crippen LogP contribution in [0, 0.1) is 0 Å². The first-order valence-electron chi connectivity index (χ1n) is 34.5. The Morgan fingerprint density at radius 2 is 0.663 bits per heavy atom. The fourth-order valence-corrected chi connectivity index (χ4v) is 9.80. The van der Waals surface area contributed by atoms with Crippen molar-refractivity contribution in [3.05, 3.63) is 146 Å². The van der Waals surface area contributed by atoms with Gasteiger partial charge < -0.3 is 27.9 Å². The van der Waals surface area contributed by atoms with Gasteiger partial charge in [-0.25, -0.2) is 0 Å². The smallest absolute Gasteiger partial charge is 0.306 e. The van der Waals surface area contributed by atoms with Gasteiger partial charge in [0.25, 0.3) is 7.82 Å². The highest BCUT2D eigenvalue weighted by Crippen LogP contribution is 2.38. The number of phosphoric acid groups is 1. The molecule has 0 bridgehead atoms. The van der Waals surface area contributed by atoms with E-state index in [2.05, 4.69) is 160 Å². The summed E-state index contributed by atoms with van der Waals surface area (Å²) >= 11 is 0. The zero-order valence-electron chi connectivity index (χ0n) is 55.7. The van der Waals surface area contributed by atoms with E-state index in [1.54, 1.807) is 0 Å². The lowest BCUT2D eigenvalue weighted by molar-refractivity contribution is -0.870. The second kappa shape index (κ2) is 65.3. The number of ether oxygens (including phenoxy) is 2. The Morgan fingerprint density at radius 3 is 1.00 bits per heavy atom. The minimum Gasteiger partial charge on any atom is -0.756 e. The van der Waals surface area contributed by atoms with Crippen molar-refractivity contribution in [3.8, 4) is 0 Å². The van der Waals surface area contributed by atoms with Crippen molar-refractivity contribution >= 4 is 19.8 Å². The molecule has 0 N–H and O–H groups in total. The molecule has 86 heavy (non-hydrogen) atoms. The molecule has 0 aromatic carbocycles.